The standard InChI is InChI=1S/C10H11ClO2/c11-8-3-1-2-7(4-8)9-5-13-6-10(9)12/h1-4,9-10,12H,5-6H2. The summed E-state index contributed by atoms with van der Waals surface area (Å²) in [5.41, 5.74) is 1.05. The molecular weight excluding hydrogens is 188 g/mol. The van der Waals surface area contributed by atoms with Gasteiger partial charge < -0.3 is 9.84 Å². The Balaban J connectivity index is 2.24. The molecule has 0 aliphatic carbocycles. The van der Waals surface area contributed by atoms with Crippen molar-refractivity contribution in [1.82, 2.24) is 0 Å². The summed E-state index contributed by atoms with van der Waals surface area (Å²) in [5.74, 6) is 0.0821. The van der Waals surface area contributed by atoms with Crippen LogP contribution in [0, 0.1) is 0 Å². The van der Waals surface area contributed by atoms with Crippen LogP contribution >= 0.6 is 11.6 Å². The molecule has 2 atom stereocenters. The molecular formula is C10H11ClO2. The van der Waals surface area contributed by atoms with Gasteiger partial charge in [0.25, 0.3) is 0 Å². The lowest BCUT2D eigenvalue weighted by atomic mass is 9.96. The molecule has 1 aliphatic heterocycles. The average Bonchev–Trinajstić information content (AvgIpc) is 2.51. The fraction of sp³-hybridized carbons (Fsp3) is 0.400. The molecule has 0 radical (unpaired) electrons. The van der Waals surface area contributed by atoms with Crippen LogP contribution in [0.1, 0.15) is 11.5 Å². The van der Waals surface area contributed by atoms with E-state index < -0.39 is 6.10 Å². The van der Waals surface area contributed by atoms with Crippen LogP contribution in [0.15, 0.2) is 24.3 Å². The van der Waals surface area contributed by atoms with Gasteiger partial charge in [-0.2, -0.15) is 0 Å². The number of halogens is 1. The SMILES string of the molecule is OC1COCC1c1cccc(Cl)c1. The Kier molecular flexibility index (Phi) is 2.54. The van der Waals surface area contributed by atoms with E-state index in [9.17, 15) is 5.11 Å². The van der Waals surface area contributed by atoms with Crippen molar-refractivity contribution in [3.05, 3.63) is 34.9 Å². The molecule has 1 saturated heterocycles. The largest absolute Gasteiger partial charge is 0.390 e. The van der Waals surface area contributed by atoms with Gasteiger partial charge in [0.05, 0.1) is 19.3 Å². The van der Waals surface area contributed by atoms with Gasteiger partial charge in [-0.3, -0.25) is 0 Å². The topological polar surface area (TPSA) is 29.5 Å². The van der Waals surface area contributed by atoms with Crippen molar-refractivity contribution in [3.63, 3.8) is 0 Å². The molecule has 3 heteroatoms. The molecule has 13 heavy (non-hydrogen) atoms. The molecule has 2 rings (SSSR count). The minimum absolute atomic E-state index is 0.0821. The van der Waals surface area contributed by atoms with Gasteiger partial charge in [0.15, 0.2) is 0 Å². The molecule has 70 valence electrons. The maximum Gasteiger partial charge on any atom is 0.0864 e. The minimum Gasteiger partial charge on any atom is -0.390 e. The summed E-state index contributed by atoms with van der Waals surface area (Å²) in [4.78, 5) is 0. The number of ether oxygens (including phenoxy) is 1. The highest BCUT2D eigenvalue weighted by Gasteiger charge is 2.27. The molecule has 0 aromatic heterocycles. The smallest absolute Gasteiger partial charge is 0.0864 e. The number of hydrogen-bond donors (Lipinski definition) is 1. The predicted molar refractivity (Wildman–Crippen MR) is 51.0 cm³/mol. The zero-order valence-corrected chi connectivity index (χ0v) is 7.87. The van der Waals surface area contributed by atoms with Crippen LogP contribution in [-0.4, -0.2) is 24.4 Å². The van der Waals surface area contributed by atoms with E-state index in [1.165, 1.54) is 0 Å². The fourth-order valence-electron chi connectivity index (χ4n) is 1.60. The Morgan fingerprint density at radius 2 is 2.23 bits per heavy atom. The second-order valence-corrected chi connectivity index (χ2v) is 3.70. The number of aliphatic hydroxyl groups is 1. The van der Waals surface area contributed by atoms with Gasteiger partial charge in [-0.05, 0) is 17.7 Å². The summed E-state index contributed by atoms with van der Waals surface area (Å²) in [7, 11) is 0. The van der Waals surface area contributed by atoms with Crippen LogP contribution in [-0.2, 0) is 4.74 Å². The first-order valence-electron chi connectivity index (χ1n) is 4.28. The van der Waals surface area contributed by atoms with Gasteiger partial charge in [-0.1, -0.05) is 23.7 Å². The lowest BCUT2D eigenvalue weighted by Crippen LogP contribution is -2.15. The summed E-state index contributed by atoms with van der Waals surface area (Å²) in [6.45, 7) is 1.01. The Morgan fingerprint density at radius 3 is 2.85 bits per heavy atom. The molecule has 1 aromatic carbocycles. The van der Waals surface area contributed by atoms with E-state index in [2.05, 4.69) is 0 Å². The zero-order valence-electron chi connectivity index (χ0n) is 7.11. The van der Waals surface area contributed by atoms with Crippen LogP contribution in [0.3, 0.4) is 0 Å². The van der Waals surface area contributed by atoms with Gasteiger partial charge >= 0.3 is 0 Å². The second-order valence-electron chi connectivity index (χ2n) is 3.27. The summed E-state index contributed by atoms with van der Waals surface area (Å²) < 4.78 is 5.17. The van der Waals surface area contributed by atoms with Crippen LogP contribution in [0.5, 0.6) is 0 Å². The number of benzene rings is 1. The Hall–Kier alpha value is -0.570. The normalized spacial score (nSPS) is 27.8. The molecule has 1 heterocycles. The molecule has 1 aromatic rings. The quantitative estimate of drug-likeness (QED) is 0.746. The first kappa shape index (κ1) is 9.00. The Labute approximate surface area is 82.1 Å². The third-order valence-electron chi connectivity index (χ3n) is 2.33. The highest BCUT2D eigenvalue weighted by Crippen LogP contribution is 2.27. The Morgan fingerprint density at radius 1 is 1.38 bits per heavy atom. The highest BCUT2D eigenvalue weighted by atomic mass is 35.5. The lowest BCUT2D eigenvalue weighted by molar-refractivity contribution is 0.124. The van der Waals surface area contributed by atoms with Crippen LogP contribution in [0.25, 0.3) is 0 Å². The van der Waals surface area contributed by atoms with Crippen molar-refractivity contribution < 1.29 is 9.84 Å². The first-order chi connectivity index (χ1) is 6.27. The van der Waals surface area contributed by atoms with Crippen molar-refractivity contribution in [3.8, 4) is 0 Å². The van der Waals surface area contributed by atoms with E-state index in [-0.39, 0.29) is 5.92 Å². The number of rotatable bonds is 1. The van der Waals surface area contributed by atoms with Gasteiger partial charge in [0.1, 0.15) is 0 Å². The lowest BCUT2D eigenvalue weighted by Gasteiger charge is -2.12. The fourth-order valence-corrected chi connectivity index (χ4v) is 1.80. The maximum atomic E-state index is 9.57. The van der Waals surface area contributed by atoms with Gasteiger partial charge in [0.2, 0.25) is 0 Å². The molecule has 0 amide bonds. The van der Waals surface area contributed by atoms with E-state index in [1.807, 2.05) is 24.3 Å². The van der Waals surface area contributed by atoms with Crippen molar-refractivity contribution in [2.24, 2.45) is 0 Å². The van der Waals surface area contributed by atoms with Gasteiger partial charge in [-0.15, -0.1) is 0 Å². The summed E-state index contributed by atoms with van der Waals surface area (Å²) >= 11 is 5.85. The summed E-state index contributed by atoms with van der Waals surface area (Å²) in [6.07, 6.45) is -0.390. The maximum absolute atomic E-state index is 9.57. The van der Waals surface area contributed by atoms with E-state index in [0.717, 1.165) is 5.56 Å². The molecule has 1 fully saturated rings. The molecule has 0 spiro atoms. The number of hydrogen-bond acceptors (Lipinski definition) is 2. The van der Waals surface area contributed by atoms with E-state index >= 15 is 0 Å². The van der Waals surface area contributed by atoms with E-state index in [0.29, 0.717) is 18.2 Å². The van der Waals surface area contributed by atoms with Crippen molar-refractivity contribution >= 4 is 11.6 Å². The minimum atomic E-state index is -0.390. The number of aliphatic hydroxyl groups excluding tert-OH is 1. The molecule has 2 nitrogen and oxygen atoms in total. The van der Waals surface area contributed by atoms with Crippen molar-refractivity contribution in [2.45, 2.75) is 12.0 Å². The Bertz CT molecular complexity index is 301. The summed E-state index contributed by atoms with van der Waals surface area (Å²) in [5, 5.41) is 10.3. The molecule has 1 N–H and O–H groups in total. The zero-order chi connectivity index (χ0) is 9.26. The second kappa shape index (κ2) is 3.66. The molecule has 0 bridgehead atoms. The molecule has 1 aliphatic rings. The average molecular weight is 199 g/mol. The van der Waals surface area contributed by atoms with Crippen LogP contribution < -0.4 is 0 Å². The molecule has 0 saturated carbocycles. The van der Waals surface area contributed by atoms with Crippen LogP contribution in [0.4, 0.5) is 0 Å². The third-order valence-corrected chi connectivity index (χ3v) is 2.56. The predicted octanol–water partition coefficient (Wildman–Crippen LogP) is 1.81. The third kappa shape index (κ3) is 1.85. The molecule has 2 unspecified atom stereocenters. The van der Waals surface area contributed by atoms with Gasteiger partial charge in [0, 0.05) is 10.9 Å². The van der Waals surface area contributed by atoms with Crippen LogP contribution in [0.2, 0.25) is 5.02 Å². The van der Waals surface area contributed by atoms with E-state index in [1.54, 1.807) is 0 Å². The van der Waals surface area contributed by atoms with Crippen molar-refractivity contribution in [1.29, 1.82) is 0 Å². The monoisotopic (exact) mass is 198 g/mol. The van der Waals surface area contributed by atoms with E-state index in [4.69, 9.17) is 16.3 Å². The first-order valence-corrected chi connectivity index (χ1v) is 4.66. The van der Waals surface area contributed by atoms with Gasteiger partial charge in [-0.25, -0.2) is 0 Å². The highest BCUT2D eigenvalue weighted by molar-refractivity contribution is 6.30. The summed E-state index contributed by atoms with van der Waals surface area (Å²) in [6, 6.07) is 7.56. The van der Waals surface area contributed by atoms with Crippen molar-refractivity contribution in [2.75, 3.05) is 13.2 Å².